The van der Waals surface area contributed by atoms with E-state index in [-0.39, 0.29) is 5.92 Å². The molecule has 0 saturated heterocycles. The zero-order valence-electron chi connectivity index (χ0n) is 12.8. The standard InChI is InChI=1S/C13H22FN2O2PS2/c1-5-7-20-19(17,18-6-2)21-9-11-8-12(14)16-13(15-11)10(3)4/h8,10H,5-7,9H2,1-4H3. The Morgan fingerprint density at radius 3 is 2.62 bits per heavy atom. The van der Waals surface area contributed by atoms with Crippen molar-refractivity contribution in [1.82, 2.24) is 9.97 Å². The topological polar surface area (TPSA) is 52.1 Å². The van der Waals surface area contributed by atoms with E-state index in [1.54, 1.807) is 0 Å². The maximum Gasteiger partial charge on any atom is 0.313 e. The Kier molecular flexibility index (Phi) is 8.24. The molecule has 0 aliphatic heterocycles. The van der Waals surface area contributed by atoms with Gasteiger partial charge in [0.15, 0.2) is 0 Å². The summed E-state index contributed by atoms with van der Waals surface area (Å²) in [5, 5.41) is 0. The molecule has 0 aliphatic rings. The molecule has 120 valence electrons. The van der Waals surface area contributed by atoms with Crippen LogP contribution in [0.2, 0.25) is 0 Å². The van der Waals surface area contributed by atoms with Gasteiger partial charge < -0.3 is 4.52 Å². The molecule has 1 unspecified atom stereocenters. The molecule has 8 heteroatoms. The Morgan fingerprint density at radius 2 is 2.05 bits per heavy atom. The fourth-order valence-corrected chi connectivity index (χ4v) is 8.03. The third-order valence-electron chi connectivity index (χ3n) is 2.39. The molecule has 21 heavy (non-hydrogen) atoms. The highest BCUT2D eigenvalue weighted by atomic mass is 33.1. The van der Waals surface area contributed by atoms with Gasteiger partial charge in [-0.05, 0) is 13.3 Å². The van der Waals surface area contributed by atoms with Crippen LogP contribution in [0, 0.1) is 5.95 Å². The molecule has 1 heterocycles. The molecule has 0 aromatic carbocycles. The van der Waals surface area contributed by atoms with Crippen LogP contribution in [0.5, 0.6) is 0 Å². The van der Waals surface area contributed by atoms with Crippen LogP contribution in [0.3, 0.4) is 0 Å². The van der Waals surface area contributed by atoms with E-state index in [1.165, 1.54) is 28.8 Å². The Balaban J connectivity index is 2.77. The van der Waals surface area contributed by atoms with E-state index in [1.807, 2.05) is 27.7 Å². The summed E-state index contributed by atoms with van der Waals surface area (Å²) in [6.07, 6.45) is 0.932. The lowest BCUT2D eigenvalue weighted by Crippen LogP contribution is -2.03. The summed E-state index contributed by atoms with van der Waals surface area (Å²) >= 11 is 2.55. The van der Waals surface area contributed by atoms with Crippen molar-refractivity contribution in [2.24, 2.45) is 0 Å². The minimum atomic E-state index is -2.80. The van der Waals surface area contributed by atoms with Gasteiger partial charge in [-0.3, -0.25) is 4.57 Å². The molecule has 0 bridgehead atoms. The average molecular weight is 352 g/mol. The van der Waals surface area contributed by atoms with E-state index in [9.17, 15) is 8.96 Å². The van der Waals surface area contributed by atoms with Crippen LogP contribution in [0.4, 0.5) is 4.39 Å². The molecule has 0 fully saturated rings. The van der Waals surface area contributed by atoms with Crippen molar-refractivity contribution in [1.29, 1.82) is 0 Å². The summed E-state index contributed by atoms with van der Waals surface area (Å²) in [4.78, 5) is 8.09. The quantitative estimate of drug-likeness (QED) is 0.446. The van der Waals surface area contributed by atoms with Gasteiger partial charge in [0.2, 0.25) is 5.95 Å². The Hall–Kier alpha value is -0.100. The second-order valence-corrected chi connectivity index (χ2v) is 12.2. The zero-order chi connectivity index (χ0) is 15.9. The molecule has 0 radical (unpaired) electrons. The predicted molar refractivity (Wildman–Crippen MR) is 89.4 cm³/mol. The van der Waals surface area contributed by atoms with Gasteiger partial charge in [0, 0.05) is 23.5 Å². The average Bonchev–Trinajstić information content (AvgIpc) is 2.43. The van der Waals surface area contributed by atoms with Crippen molar-refractivity contribution >= 4 is 28.5 Å². The lowest BCUT2D eigenvalue weighted by molar-refractivity contribution is 0.357. The summed E-state index contributed by atoms with van der Waals surface area (Å²) in [5.74, 6) is -1.69. The lowest BCUT2D eigenvalue weighted by atomic mass is 10.2. The molecule has 0 aliphatic carbocycles. The van der Waals surface area contributed by atoms with Gasteiger partial charge in [0.05, 0.1) is 12.3 Å². The Bertz CT molecular complexity index is 503. The first-order chi connectivity index (χ1) is 9.90. The molecule has 0 saturated carbocycles. The monoisotopic (exact) mass is 352 g/mol. The van der Waals surface area contributed by atoms with Gasteiger partial charge in [-0.1, -0.05) is 43.5 Å². The largest absolute Gasteiger partial charge is 0.314 e. The van der Waals surface area contributed by atoms with Gasteiger partial charge in [-0.25, -0.2) is 9.97 Å². The molecular formula is C13H22FN2O2PS2. The van der Waals surface area contributed by atoms with E-state index in [0.29, 0.717) is 23.9 Å². The molecule has 1 atom stereocenters. The van der Waals surface area contributed by atoms with E-state index in [0.717, 1.165) is 12.2 Å². The maximum atomic E-state index is 13.5. The summed E-state index contributed by atoms with van der Waals surface area (Å²) in [5.41, 5.74) is 0.549. The number of halogens is 1. The van der Waals surface area contributed by atoms with Gasteiger partial charge in [0.25, 0.3) is 0 Å². The van der Waals surface area contributed by atoms with Crippen LogP contribution < -0.4 is 0 Å². The van der Waals surface area contributed by atoms with Crippen LogP contribution in [-0.4, -0.2) is 22.3 Å². The van der Waals surface area contributed by atoms with Crippen LogP contribution in [0.1, 0.15) is 51.6 Å². The summed E-state index contributed by atoms with van der Waals surface area (Å²) in [6.45, 7) is 8.07. The number of nitrogens with zero attached hydrogens (tertiary/aromatic N) is 2. The van der Waals surface area contributed by atoms with Crippen molar-refractivity contribution < 1.29 is 13.5 Å². The predicted octanol–water partition coefficient (Wildman–Crippen LogP) is 5.26. The van der Waals surface area contributed by atoms with Crippen LogP contribution in [-0.2, 0) is 14.8 Å². The second-order valence-electron chi connectivity index (χ2n) is 4.67. The molecule has 0 amide bonds. The van der Waals surface area contributed by atoms with Crippen molar-refractivity contribution in [3.8, 4) is 0 Å². The third kappa shape index (κ3) is 6.68. The SMILES string of the molecule is CCCSP(=O)(OCC)SCc1cc(F)nc(C(C)C)n1. The summed E-state index contributed by atoms with van der Waals surface area (Å²) in [7, 11) is 0. The number of rotatable bonds is 9. The normalized spacial score (nSPS) is 14.4. The zero-order valence-corrected chi connectivity index (χ0v) is 15.4. The van der Waals surface area contributed by atoms with E-state index in [2.05, 4.69) is 9.97 Å². The first-order valence-corrected chi connectivity index (χ1v) is 11.8. The van der Waals surface area contributed by atoms with E-state index >= 15 is 0 Å². The highest BCUT2D eigenvalue weighted by Gasteiger charge is 2.24. The van der Waals surface area contributed by atoms with Gasteiger partial charge in [-0.2, -0.15) is 4.39 Å². The first kappa shape index (κ1) is 18.9. The summed E-state index contributed by atoms with van der Waals surface area (Å²) in [6, 6.07) is 1.29. The molecule has 0 N–H and O–H groups in total. The smallest absolute Gasteiger partial charge is 0.313 e. The van der Waals surface area contributed by atoms with Gasteiger partial charge >= 0.3 is 5.77 Å². The van der Waals surface area contributed by atoms with E-state index < -0.39 is 11.7 Å². The minimum absolute atomic E-state index is 0.0533. The van der Waals surface area contributed by atoms with Gasteiger partial charge in [0.1, 0.15) is 5.82 Å². The number of aromatic nitrogens is 2. The second kappa shape index (κ2) is 9.13. The first-order valence-electron chi connectivity index (χ1n) is 6.97. The van der Waals surface area contributed by atoms with Crippen LogP contribution in [0.15, 0.2) is 6.07 Å². The number of hydrogen-bond acceptors (Lipinski definition) is 6. The van der Waals surface area contributed by atoms with Crippen LogP contribution in [0.25, 0.3) is 0 Å². The van der Waals surface area contributed by atoms with Crippen LogP contribution >= 0.6 is 28.5 Å². The molecule has 1 rings (SSSR count). The fraction of sp³-hybridized carbons (Fsp3) is 0.692. The van der Waals surface area contributed by atoms with Crippen molar-refractivity contribution in [2.75, 3.05) is 12.4 Å². The van der Waals surface area contributed by atoms with Crippen molar-refractivity contribution in [3.63, 3.8) is 0 Å². The fourth-order valence-electron chi connectivity index (χ4n) is 1.43. The molecule has 1 aromatic rings. The summed E-state index contributed by atoms with van der Waals surface area (Å²) < 4.78 is 31.5. The molecular weight excluding hydrogens is 330 g/mol. The molecule has 1 aromatic heterocycles. The highest BCUT2D eigenvalue weighted by Crippen LogP contribution is 2.70. The Labute approximate surface area is 134 Å². The Morgan fingerprint density at radius 1 is 1.33 bits per heavy atom. The number of hydrogen-bond donors (Lipinski definition) is 0. The minimum Gasteiger partial charge on any atom is -0.314 e. The van der Waals surface area contributed by atoms with Crippen molar-refractivity contribution in [2.45, 2.75) is 45.8 Å². The third-order valence-corrected chi connectivity index (χ3v) is 9.98. The van der Waals surface area contributed by atoms with Crippen molar-refractivity contribution in [3.05, 3.63) is 23.5 Å². The van der Waals surface area contributed by atoms with E-state index in [4.69, 9.17) is 4.52 Å². The maximum absolute atomic E-state index is 13.5. The molecule has 4 nitrogen and oxygen atoms in total. The highest BCUT2D eigenvalue weighted by molar-refractivity contribution is 8.89. The lowest BCUT2D eigenvalue weighted by Gasteiger charge is -2.16. The molecule has 0 spiro atoms. The van der Waals surface area contributed by atoms with Gasteiger partial charge in [-0.15, -0.1) is 0 Å².